The van der Waals surface area contributed by atoms with Gasteiger partial charge in [0.2, 0.25) is 11.8 Å². The summed E-state index contributed by atoms with van der Waals surface area (Å²) in [6.45, 7) is 1.70. The number of pyridine rings is 2. The van der Waals surface area contributed by atoms with Gasteiger partial charge in [-0.1, -0.05) is 59.6 Å². The molecule has 2 atom stereocenters. The number of fused-ring (bicyclic) bond motifs is 2. The molecule has 0 saturated carbocycles. The van der Waals surface area contributed by atoms with Crippen molar-refractivity contribution in [3.05, 3.63) is 127 Å². The van der Waals surface area contributed by atoms with Crippen LogP contribution in [0.3, 0.4) is 0 Å². The molecule has 298 valence electrons. The molecule has 4 aromatic heterocycles. The molecule has 0 aliphatic carbocycles. The van der Waals surface area contributed by atoms with Gasteiger partial charge in [-0.05, 0) is 60.7 Å². The number of carbonyl (C=O) groups excluding carboxylic acids is 2. The van der Waals surface area contributed by atoms with Crippen molar-refractivity contribution in [2.24, 2.45) is 0 Å². The summed E-state index contributed by atoms with van der Waals surface area (Å²) in [6.07, 6.45) is 13.0. The third kappa shape index (κ3) is 7.76. The van der Waals surface area contributed by atoms with E-state index in [2.05, 4.69) is 31.2 Å². The topological polar surface area (TPSA) is 151 Å². The minimum absolute atomic E-state index is 0.0403. The Labute approximate surface area is 352 Å². The lowest BCUT2D eigenvalue weighted by atomic mass is 9.96. The molecule has 2 fully saturated rings. The van der Waals surface area contributed by atoms with E-state index in [9.17, 15) is 19.2 Å². The normalized spacial score (nSPS) is 19.2. The molecule has 2 saturated heterocycles. The van der Waals surface area contributed by atoms with Crippen molar-refractivity contribution in [1.29, 1.82) is 0 Å². The molecular formula is C42H40Cl2N8O4S2. The van der Waals surface area contributed by atoms with Gasteiger partial charge in [-0.25, -0.2) is 9.97 Å². The van der Waals surface area contributed by atoms with E-state index in [-0.39, 0.29) is 32.7 Å². The summed E-state index contributed by atoms with van der Waals surface area (Å²) in [7, 11) is 0. The summed E-state index contributed by atoms with van der Waals surface area (Å²) >= 11 is 17.5. The van der Waals surface area contributed by atoms with Crippen LogP contribution in [0.25, 0.3) is 44.7 Å². The number of rotatable bonds is 13. The minimum atomic E-state index is -0.373. The van der Waals surface area contributed by atoms with Crippen molar-refractivity contribution in [3.8, 4) is 33.4 Å². The Morgan fingerprint density at radius 2 is 1.07 bits per heavy atom. The van der Waals surface area contributed by atoms with E-state index in [0.717, 1.165) is 46.2 Å². The smallest absolute Gasteiger partial charge is 0.262 e. The van der Waals surface area contributed by atoms with E-state index in [1.54, 1.807) is 48.3 Å². The van der Waals surface area contributed by atoms with E-state index in [4.69, 9.17) is 23.2 Å². The average Bonchev–Trinajstić information content (AvgIpc) is 3.81. The molecule has 8 rings (SSSR count). The van der Waals surface area contributed by atoms with Gasteiger partial charge in [0.25, 0.3) is 11.1 Å². The van der Waals surface area contributed by atoms with Crippen LogP contribution in [0.2, 0.25) is 10.0 Å². The highest BCUT2D eigenvalue weighted by molar-refractivity contribution is 8.00. The number of benzene rings is 2. The Morgan fingerprint density at radius 3 is 1.45 bits per heavy atom. The Morgan fingerprint density at radius 1 is 0.655 bits per heavy atom. The summed E-state index contributed by atoms with van der Waals surface area (Å²) in [4.78, 5) is 59.0. The maximum Gasteiger partial charge on any atom is 0.262 e. The van der Waals surface area contributed by atoms with Gasteiger partial charge in [0.05, 0.1) is 19.8 Å². The first-order valence-electron chi connectivity index (χ1n) is 18.8. The largest absolute Gasteiger partial charge is 0.340 e. The number of nitrogens with zero attached hydrogens (tertiary/aromatic N) is 4. The summed E-state index contributed by atoms with van der Waals surface area (Å²) in [6, 6.07) is 18.8. The van der Waals surface area contributed by atoms with E-state index in [0.29, 0.717) is 71.5 Å². The predicted molar refractivity (Wildman–Crippen MR) is 233 cm³/mol. The second-order valence-electron chi connectivity index (χ2n) is 14.5. The first-order valence-corrected chi connectivity index (χ1v) is 22.0. The maximum atomic E-state index is 13.4. The Bertz CT molecular complexity index is 2540. The molecule has 0 bridgehead atoms. The zero-order valence-electron chi connectivity index (χ0n) is 31.7. The molecule has 0 unspecified atom stereocenters. The molecule has 6 heterocycles. The fourth-order valence-electron chi connectivity index (χ4n) is 7.63. The zero-order valence-corrected chi connectivity index (χ0v) is 34.9. The third-order valence-electron chi connectivity index (χ3n) is 11.0. The van der Waals surface area contributed by atoms with Crippen molar-refractivity contribution in [1.82, 2.24) is 40.0 Å². The summed E-state index contributed by atoms with van der Waals surface area (Å²) in [5, 5.41) is 13.7. The van der Waals surface area contributed by atoms with Crippen LogP contribution in [-0.4, -0.2) is 65.9 Å². The van der Waals surface area contributed by atoms with Crippen LogP contribution in [0.15, 0.2) is 95.0 Å². The number of hydrogen-bond donors (Lipinski definition) is 4. The predicted octanol–water partition coefficient (Wildman–Crippen LogP) is 6.13. The monoisotopic (exact) mass is 854 g/mol. The fraction of sp³-hybridized carbons (Fsp3) is 0.286. The molecule has 0 radical (unpaired) electrons. The summed E-state index contributed by atoms with van der Waals surface area (Å²) in [5.74, 6) is 0.0806. The highest BCUT2D eigenvalue weighted by Gasteiger charge is 2.37. The summed E-state index contributed by atoms with van der Waals surface area (Å²) in [5.41, 5.74) is 6.16. The first-order chi connectivity index (χ1) is 28.0. The number of nitrogens with one attached hydrogen (secondary N) is 4. The molecule has 0 spiro atoms. The zero-order chi connectivity index (χ0) is 40.6. The lowest BCUT2D eigenvalue weighted by molar-refractivity contribution is -0.120. The first kappa shape index (κ1) is 40.1. The number of halogens is 2. The van der Waals surface area contributed by atoms with Gasteiger partial charge < -0.3 is 21.3 Å². The molecule has 58 heavy (non-hydrogen) atoms. The van der Waals surface area contributed by atoms with Gasteiger partial charge in [-0.15, -0.1) is 23.5 Å². The van der Waals surface area contributed by atoms with Gasteiger partial charge in [-0.3, -0.25) is 28.0 Å². The Kier molecular flexibility index (Phi) is 11.4. The van der Waals surface area contributed by atoms with Gasteiger partial charge in [-0.2, -0.15) is 0 Å². The Hall–Kier alpha value is -4.70. The molecular weight excluding hydrogens is 816 g/mol. The second-order valence-corrected chi connectivity index (χ2v) is 17.6. The SMILES string of the molecule is CS[C@@]1(CNCc2cnc3cc(-c4cccc(-c5cccc(-c6ccn7c(=O)c(CNC[C@]8(SC)CCC(=O)N8)cnc7c6)c5Cl)c4Cl)ccn3c2=O)CCC(=O)N1. The lowest BCUT2D eigenvalue weighted by Crippen LogP contribution is -2.46. The van der Waals surface area contributed by atoms with Crippen molar-refractivity contribution in [3.63, 3.8) is 0 Å². The average molecular weight is 856 g/mol. The second kappa shape index (κ2) is 16.5. The molecule has 12 nitrogen and oxygen atoms in total. The lowest BCUT2D eigenvalue weighted by Gasteiger charge is -2.27. The molecule has 2 amide bonds. The molecule has 2 aliphatic rings. The van der Waals surface area contributed by atoms with E-state index in [1.807, 2.05) is 73.2 Å². The number of carbonyl (C=O) groups is 2. The number of hydrogen-bond acceptors (Lipinski definition) is 10. The van der Waals surface area contributed by atoms with E-state index < -0.39 is 0 Å². The highest BCUT2D eigenvalue weighted by Crippen LogP contribution is 2.42. The summed E-state index contributed by atoms with van der Waals surface area (Å²) < 4.78 is 3.04. The van der Waals surface area contributed by atoms with Crippen LogP contribution >= 0.6 is 46.7 Å². The van der Waals surface area contributed by atoms with Crippen LogP contribution in [0.4, 0.5) is 0 Å². The van der Waals surface area contributed by atoms with Crippen molar-refractivity contribution in [2.75, 3.05) is 25.6 Å². The van der Waals surface area contributed by atoms with E-state index >= 15 is 0 Å². The van der Waals surface area contributed by atoms with Gasteiger partial charge in [0.1, 0.15) is 11.3 Å². The standard InChI is InChI=1S/C42H40Cl2N8O4S2/c1-57-41(13-9-35(53)49-41)23-45-19-27-21-47-33-17-25(11-15-51(33)39(27)55)29-5-3-7-31(37(29)43)32-8-4-6-30(38(32)44)26-12-16-52-34(18-26)48-22-28(40(52)56)20-46-24-42(58-2)14-10-36(54)50-42/h3-8,11-12,15-18,21-22,45-46H,9-10,13-14,19-20,23-24H2,1-2H3,(H,49,53)(H,50,54)/t41-,42-/m1/s1. The van der Waals surface area contributed by atoms with Gasteiger partial charge in [0.15, 0.2) is 0 Å². The highest BCUT2D eigenvalue weighted by atomic mass is 35.5. The van der Waals surface area contributed by atoms with Crippen LogP contribution in [-0.2, 0) is 22.7 Å². The number of thioether (sulfide) groups is 2. The molecule has 2 aliphatic heterocycles. The molecule has 4 N–H and O–H groups in total. The van der Waals surface area contributed by atoms with Gasteiger partial charge >= 0.3 is 0 Å². The van der Waals surface area contributed by atoms with Crippen molar-refractivity contribution < 1.29 is 9.59 Å². The van der Waals surface area contributed by atoms with Crippen LogP contribution in [0, 0.1) is 0 Å². The maximum absolute atomic E-state index is 13.4. The molecule has 2 aromatic carbocycles. The fourth-order valence-corrected chi connectivity index (χ4v) is 9.84. The Balaban J connectivity index is 1.01. The van der Waals surface area contributed by atoms with Crippen LogP contribution < -0.4 is 32.4 Å². The molecule has 16 heteroatoms. The van der Waals surface area contributed by atoms with Crippen molar-refractivity contribution >= 4 is 69.8 Å². The van der Waals surface area contributed by atoms with Gasteiger partial charge in [0, 0.05) is 97.2 Å². The minimum Gasteiger partial charge on any atom is -0.340 e. The number of aromatic nitrogens is 4. The van der Waals surface area contributed by atoms with Crippen LogP contribution in [0.5, 0.6) is 0 Å². The van der Waals surface area contributed by atoms with Crippen molar-refractivity contribution in [2.45, 2.75) is 48.5 Å². The quantitative estimate of drug-likeness (QED) is 0.107. The number of amides is 2. The third-order valence-corrected chi connectivity index (χ3v) is 14.2. The molecule has 6 aromatic rings. The van der Waals surface area contributed by atoms with E-state index in [1.165, 1.54) is 8.80 Å². The van der Waals surface area contributed by atoms with Crippen LogP contribution in [0.1, 0.15) is 36.8 Å².